The summed E-state index contributed by atoms with van der Waals surface area (Å²) in [7, 11) is 0. The lowest BCUT2D eigenvalue weighted by molar-refractivity contribution is 0.253. The summed E-state index contributed by atoms with van der Waals surface area (Å²) in [6, 6.07) is 8.44. The fourth-order valence-corrected chi connectivity index (χ4v) is 0.559. The molecule has 20 heavy (non-hydrogen) atoms. The largest absolute Gasteiger partial charge is 0.198 e. The van der Waals surface area contributed by atoms with Crippen molar-refractivity contribution in [2.75, 3.05) is 0 Å². The van der Waals surface area contributed by atoms with Gasteiger partial charge in [-0.2, -0.15) is 21.0 Å². The SMILES string of the molecule is CC(C)(C#N)C(C)(C)C#N.CC(C)(C#N)C(C)(C)C#N. The highest BCUT2D eigenvalue weighted by Gasteiger charge is 2.37. The summed E-state index contributed by atoms with van der Waals surface area (Å²) in [5.74, 6) is 0. The number of nitrogens with zero attached hydrogens (tertiary/aromatic N) is 4. The Labute approximate surface area is 123 Å². The molecule has 0 aliphatic rings. The fourth-order valence-electron chi connectivity index (χ4n) is 0.559. The Kier molecular flexibility index (Phi) is 6.50. The predicted octanol–water partition coefficient (Wildman–Crippen LogP) is 4.17. The lowest BCUT2D eigenvalue weighted by atomic mass is 9.70. The van der Waals surface area contributed by atoms with E-state index in [0.717, 1.165) is 0 Å². The predicted molar refractivity (Wildman–Crippen MR) is 77.6 cm³/mol. The van der Waals surface area contributed by atoms with E-state index in [-0.39, 0.29) is 0 Å². The Hall–Kier alpha value is -2.04. The summed E-state index contributed by atoms with van der Waals surface area (Å²) >= 11 is 0. The zero-order chi connectivity index (χ0) is 16.8. The van der Waals surface area contributed by atoms with Crippen molar-refractivity contribution in [3.05, 3.63) is 0 Å². The van der Waals surface area contributed by atoms with Gasteiger partial charge in [-0.25, -0.2) is 0 Å². The molecule has 108 valence electrons. The number of hydrogen-bond donors (Lipinski definition) is 0. The van der Waals surface area contributed by atoms with Gasteiger partial charge in [0, 0.05) is 0 Å². The van der Waals surface area contributed by atoms with E-state index in [4.69, 9.17) is 21.0 Å². The normalized spacial score (nSPS) is 11.8. The van der Waals surface area contributed by atoms with Gasteiger partial charge < -0.3 is 0 Å². The molecule has 0 aromatic carbocycles. The van der Waals surface area contributed by atoms with Crippen molar-refractivity contribution in [3.8, 4) is 24.3 Å². The lowest BCUT2D eigenvalue weighted by Gasteiger charge is -2.28. The van der Waals surface area contributed by atoms with Crippen LogP contribution < -0.4 is 0 Å². The van der Waals surface area contributed by atoms with E-state index in [0.29, 0.717) is 0 Å². The van der Waals surface area contributed by atoms with Gasteiger partial charge in [0.15, 0.2) is 0 Å². The van der Waals surface area contributed by atoms with Crippen LogP contribution in [0.4, 0.5) is 0 Å². The lowest BCUT2D eigenvalue weighted by Crippen LogP contribution is -2.29. The zero-order valence-corrected chi connectivity index (χ0v) is 13.8. The topological polar surface area (TPSA) is 95.2 Å². The molecule has 0 unspecified atom stereocenters. The zero-order valence-electron chi connectivity index (χ0n) is 13.8. The maximum Gasteiger partial charge on any atom is 0.0700 e. The van der Waals surface area contributed by atoms with E-state index in [1.54, 1.807) is 55.4 Å². The molecule has 0 spiro atoms. The van der Waals surface area contributed by atoms with Crippen LogP contribution in [-0.2, 0) is 0 Å². The second-order valence-corrected chi connectivity index (χ2v) is 6.95. The summed E-state index contributed by atoms with van der Waals surface area (Å²) in [6.45, 7) is 14.2. The van der Waals surface area contributed by atoms with Crippen molar-refractivity contribution in [3.63, 3.8) is 0 Å². The van der Waals surface area contributed by atoms with Gasteiger partial charge in [0.25, 0.3) is 0 Å². The average Bonchev–Trinajstić information content (AvgIpc) is 2.38. The molecule has 0 radical (unpaired) electrons. The smallest absolute Gasteiger partial charge is 0.0700 e. The van der Waals surface area contributed by atoms with Crippen LogP contribution in [0.25, 0.3) is 0 Å². The molecule has 0 aliphatic heterocycles. The molecule has 0 bridgehead atoms. The molecule has 0 rings (SSSR count). The second kappa shape index (κ2) is 6.41. The van der Waals surface area contributed by atoms with E-state index >= 15 is 0 Å². The molecule has 0 fully saturated rings. The maximum atomic E-state index is 8.66. The Morgan fingerprint density at radius 2 is 0.500 bits per heavy atom. The van der Waals surface area contributed by atoms with Gasteiger partial charge in [0.05, 0.1) is 45.9 Å². The molecule has 0 saturated carbocycles. The van der Waals surface area contributed by atoms with Crippen LogP contribution in [0.3, 0.4) is 0 Å². The molecular weight excluding hydrogens is 248 g/mol. The molecule has 0 heterocycles. The van der Waals surface area contributed by atoms with Crippen molar-refractivity contribution in [1.82, 2.24) is 0 Å². The highest BCUT2D eigenvalue weighted by molar-refractivity contribution is 5.11. The third-order valence-corrected chi connectivity index (χ3v) is 4.24. The first kappa shape index (κ1) is 20.3. The number of hydrogen-bond acceptors (Lipinski definition) is 4. The molecule has 0 saturated heterocycles. The van der Waals surface area contributed by atoms with Crippen molar-refractivity contribution in [1.29, 1.82) is 21.0 Å². The Morgan fingerprint density at radius 1 is 0.400 bits per heavy atom. The molecule has 0 atom stereocenters. The van der Waals surface area contributed by atoms with Crippen molar-refractivity contribution < 1.29 is 0 Å². The van der Waals surface area contributed by atoms with Crippen LogP contribution >= 0.6 is 0 Å². The first-order valence-corrected chi connectivity index (χ1v) is 6.39. The molecule has 0 aliphatic carbocycles. The van der Waals surface area contributed by atoms with Crippen LogP contribution in [0.1, 0.15) is 55.4 Å². The Morgan fingerprint density at radius 3 is 0.550 bits per heavy atom. The third-order valence-electron chi connectivity index (χ3n) is 4.24. The molecular formula is C16H24N4. The monoisotopic (exact) mass is 272 g/mol. The first-order valence-electron chi connectivity index (χ1n) is 6.39. The Bertz CT molecular complexity index is 401. The molecule has 0 aromatic rings. The summed E-state index contributed by atoms with van der Waals surface area (Å²) in [5.41, 5.74) is -2.27. The van der Waals surface area contributed by atoms with Gasteiger partial charge in [-0.1, -0.05) is 0 Å². The minimum absolute atomic E-state index is 0.568. The van der Waals surface area contributed by atoms with Gasteiger partial charge in [-0.15, -0.1) is 0 Å². The average molecular weight is 272 g/mol. The van der Waals surface area contributed by atoms with Gasteiger partial charge in [-0.05, 0) is 55.4 Å². The fraction of sp³-hybridized carbons (Fsp3) is 0.750. The van der Waals surface area contributed by atoms with E-state index in [2.05, 4.69) is 24.3 Å². The van der Waals surface area contributed by atoms with Crippen molar-refractivity contribution in [2.24, 2.45) is 21.7 Å². The first-order chi connectivity index (χ1) is 8.74. The van der Waals surface area contributed by atoms with Gasteiger partial charge in [-0.3, -0.25) is 0 Å². The standard InChI is InChI=1S/2C8H12N2/c2*1-7(2,5-9)8(3,4)6-10/h2*1-4H3. The van der Waals surface area contributed by atoms with Crippen LogP contribution in [-0.4, -0.2) is 0 Å². The number of nitriles is 4. The van der Waals surface area contributed by atoms with E-state index in [1.807, 2.05) is 0 Å². The molecule has 0 aromatic heterocycles. The number of rotatable bonds is 2. The van der Waals surface area contributed by atoms with Crippen molar-refractivity contribution in [2.45, 2.75) is 55.4 Å². The highest BCUT2D eigenvalue weighted by Crippen LogP contribution is 2.37. The van der Waals surface area contributed by atoms with Crippen LogP contribution in [0.2, 0.25) is 0 Å². The van der Waals surface area contributed by atoms with E-state index < -0.39 is 21.7 Å². The van der Waals surface area contributed by atoms with E-state index in [1.165, 1.54) is 0 Å². The minimum atomic E-state index is -0.568. The summed E-state index contributed by atoms with van der Waals surface area (Å²) in [5, 5.41) is 34.6. The second-order valence-electron chi connectivity index (χ2n) is 6.95. The highest BCUT2D eigenvalue weighted by atomic mass is 14.5. The summed E-state index contributed by atoms with van der Waals surface area (Å²) < 4.78 is 0. The molecule has 4 nitrogen and oxygen atoms in total. The summed E-state index contributed by atoms with van der Waals surface area (Å²) in [4.78, 5) is 0. The van der Waals surface area contributed by atoms with Gasteiger partial charge >= 0.3 is 0 Å². The van der Waals surface area contributed by atoms with Crippen LogP contribution in [0.5, 0.6) is 0 Å². The molecule has 4 heteroatoms. The maximum absolute atomic E-state index is 8.66. The van der Waals surface area contributed by atoms with Crippen LogP contribution in [0.15, 0.2) is 0 Å². The molecule has 0 N–H and O–H groups in total. The Balaban J connectivity index is 0. The van der Waals surface area contributed by atoms with Gasteiger partial charge in [0.1, 0.15) is 0 Å². The quantitative estimate of drug-likeness (QED) is 0.753. The van der Waals surface area contributed by atoms with Crippen LogP contribution in [0, 0.1) is 67.0 Å². The minimum Gasteiger partial charge on any atom is -0.198 e. The third kappa shape index (κ3) is 4.57. The van der Waals surface area contributed by atoms with E-state index in [9.17, 15) is 0 Å². The molecule has 0 amide bonds. The van der Waals surface area contributed by atoms with Crippen molar-refractivity contribution >= 4 is 0 Å². The summed E-state index contributed by atoms with van der Waals surface area (Å²) in [6.07, 6.45) is 0. The van der Waals surface area contributed by atoms with Gasteiger partial charge in [0.2, 0.25) is 0 Å².